The van der Waals surface area contributed by atoms with Crippen molar-refractivity contribution in [2.45, 2.75) is 12.5 Å². The molecule has 148 valence electrons. The SMILES string of the molecule is C#CCOc1ccc(CCNC(=O)[C@@H](OC)c2ccc(Cl)c(Cl)c2)cc1OC. The van der Waals surface area contributed by atoms with Gasteiger partial charge in [0, 0.05) is 13.7 Å². The lowest BCUT2D eigenvalue weighted by atomic mass is 10.1. The van der Waals surface area contributed by atoms with Crippen molar-refractivity contribution in [1.82, 2.24) is 5.32 Å². The molecule has 1 atom stereocenters. The van der Waals surface area contributed by atoms with Gasteiger partial charge in [0.15, 0.2) is 17.6 Å². The average Bonchev–Trinajstić information content (AvgIpc) is 2.70. The monoisotopic (exact) mass is 421 g/mol. The molecule has 2 aromatic carbocycles. The summed E-state index contributed by atoms with van der Waals surface area (Å²) in [7, 11) is 3.02. The molecule has 0 aliphatic rings. The van der Waals surface area contributed by atoms with E-state index in [9.17, 15) is 4.79 Å². The third-order valence-corrected chi connectivity index (χ3v) is 4.71. The van der Waals surface area contributed by atoms with Gasteiger partial charge in [0.05, 0.1) is 17.2 Å². The van der Waals surface area contributed by atoms with Crippen LogP contribution in [0.1, 0.15) is 17.2 Å². The molecule has 0 unspecified atom stereocenters. The highest BCUT2D eigenvalue weighted by molar-refractivity contribution is 6.42. The molecule has 0 saturated heterocycles. The maximum absolute atomic E-state index is 12.5. The molecule has 7 heteroatoms. The fraction of sp³-hybridized carbons (Fsp3) is 0.286. The maximum Gasteiger partial charge on any atom is 0.253 e. The van der Waals surface area contributed by atoms with E-state index in [4.69, 9.17) is 43.8 Å². The van der Waals surface area contributed by atoms with Gasteiger partial charge in [-0.15, -0.1) is 6.42 Å². The first kappa shape index (κ1) is 21.9. The van der Waals surface area contributed by atoms with Crippen LogP contribution < -0.4 is 14.8 Å². The lowest BCUT2D eigenvalue weighted by molar-refractivity contribution is -0.131. The second kappa shape index (κ2) is 10.8. The Hall–Kier alpha value is -2.39. The molecule has 5 nitrogen and oxygen atoms in total. The zero-order valence-electron chi connectivity index (χ0n) is 15.6. The summed E-state index contributed by atoms with van der Waals surface area (Å²) < 4.78 is 16.1. The van der Waals surface area contributed by atoms with E-state index in [0.29, 0.717) is 40.1 Å². The standard InChI is InChI=1S/C21H21Cl2NO4/c1-4-11-28-18-8-5-14(12-19(18)26-2)9-10-24-21(25)20(27-3)15-6-7-16(22)17(23)13-15/h1,5-8,12-13,20H,9-11H2,2-3H3,(H,24,25)/t20-/m0/s1. The lowest BCUT2D eigenvalue weighted by Crippen LogP contribution is -2.32. The number of benzene rings is 2. The van der Waals surface area contributed by atoms with Gasteiger partial charge in [0.2, 0.25) is 0 Å². The topological polar surface area (TPSA) is 56.8 Å². The van der Waals surface area contributed by atoms with E-state index in [1.54, 1.807) is 31.4 Å². The number of terminal acetylenes is 1. The Kier molecular flexibility index (Phi) is 8.46. The van der Waals surface area contributed by atoms with E-state index < -0.39 is 6.10 Å². The van der Waals surface area contributed by atoms with Crippen molar-refractivity contribution >= 4 is 29.1 Å². The van der Waals surface area contributed by atoms with E-state index in [1.165, 1.54) is 7.11 Å². The number of methoxy groups -OCH3 is 2. The summed E-state index contributed by atoms with van der Waals surface area (Å²) in [6, 6.07) is 10.5. The number of carbonyl (C=O) groups excluding carboxylic acids is 1. The number of nitrogens with one attached hydrogen (secondary N) is 1. The zero-order chi connectivity index (χ0) is 20.5. The third-order valence-electron chi connectivity index (χ3n) is 3.97. The molecular weight excluding hydrogens is 401 g/mol. The molecule has 28 heavy (non-hydrogen) atoms. The van der Waals surface area contributed by atoms with Gasteiger partial charge in [0.25, 0.3) is 5.91 Å². The van der Waals surface area contributed by atoms with Crippen LogP contribution in [0.3, 0.4) is 0 Å². The van der Waals surface area contributed by atoms with Crippen LogP contribution in [-0.4, -0.2) is 33.3 Å². The number of halogens is 2. The number of amides is 1. The Morgan fingerprint density at radius 3 is 2.57 bits per heavy atom. The summed E-state index contributed by atoms with van der Waals surface area (Å²) in [4.78, 5) is 12.5. The Morgan fingerprint density at radius 2 is 1.93 bits per heavy atom. The van der Waals surface area contributed by atoms with Crippen LogP contribution in [0.5, 0.6) is 11.5 Å². The molecule has 0 radical (unpaired) electrons. The molecule has 0 fully saturated rings. The van der Waals surface area contributed by atoms with Gasteiger partial charge in [-0.3, -0.25) is 4.79 Å². The van der Waals surface area contributed by atoms with Crippen molar-refractivity contribution < 1.29 is 19.0 Å². The lowest BCUT2D eigenvalue weighted by Gasteiger charge is -2.16. The Balaban J connectivity index is 1.96. The normalized spacial score (nSPS) is 11.4. The minimum atomic E-state index is -0.774. The van der Waals surface area contributed by atoms with Crippen LogP contribution in [-0.2, 0) is 16.0 Å². The van der Waals surface area contributed by atoms with Gasteiger partial charge < -0.3 is 19.5 Å². The number of hydrogen-bond acceptors (Lipinski definition) is 4. The fourth-order valence-electron chi connectivity index (χ4n) is 2.60. The van der Waals surface area contributed by atoms with Gasteiger partial charge in [-0.1, -0.05) is 41.3 Å². The summed E-state index contributed by atoms with van der Waals surface area (Å²) in [6.07, 6.45) is 5.04. The molecular formula is C21H21Cl2NO4. The molecule has 1 N–H and O–H groups in total. The van der Waals surface area contributed by atoms with E-state index in [1.807, 2.05) is 12.1 Å². The van der Waals surface area contributed by atoms with E-state index in [2.05, 4.69) is 11.2 Å². The minimum Gasteiger partial charge on any atom is -0.493 e. The van der Waals surface area contributed by atoms with Gasteiger partial charge in [-0.05, 0) is 41.8 Å². The van der Waals surface area contributed by atoms with Crippen molar-refractivity contribution in [2.24, 2.45) is 0 Å². The largest absolute Gasteiger partial charge is 0.493 e. The fourth-order valence-corrected chi connectivity index (χ4v) is 2.91. The van der Waals surface area contributed by atoms with Crippen molar-refractivity contribution in [3.05, 3.63) is 57.6 Å². The smallest absolute Gasteiger partial charge is 0.253 e. The maximum atomic E-state index is 12.5. The Morgan fingerprint density at radius 1 is 1.14 bits per heavy atom. The Bertz CT molecular complexity index is 864. The first-order chi connectivity index (χ1) is 13.5. The second-order valence-electron chi connectivity index (χ2n) is 5.81. The van der Waals surface area contributed by atoms with Crippen LogP contribution in [0.15, 0.2) is 36.4 Å². The Labute approximate surface area is 174 Å². The summed E-state index contributed by atoms with van der Waals surface area (Å²) in [6.45, 7) is 0.590. The predicted molar refractivity (Wildman–Crippen MR) is 110 cm³/mol. The van der Waals surface area contributed by atoms with Gasteiger partial charge in [0.1, 0.15) is 6.61 Å². The molecule has 0 saturated carbocycles. The van der Waals surface area contributed by atoms with E-state index in [-0.39, 0.29) is 12.5 Å². The summed E-state index contributed by atoms with van der Waals surface area (Å²) in [5.74, 6) is 3.31. The number of carbonyl (C=O) groups is 1. The van der Waals surface area contributed by atoms with Crippen molar-refractivity contribution in [1.29, 1.82) is 0 Å². The average molecular weight is 422 g/mol. The molecule has 2 rings (SSSR count). The highest BCUT2D eigenvalue weighted by Crippen LogP contribution is 2.29. The highest BCUT2D eigenvalue weighted by Gasteiger charge is 2.20. The summed E-state index contributed by atoms with van der Waals surface area (Å²) in [5.41, 5.74) is 1.61. The van der Waals surface area contributed by atoms with Gasteiger partial charge >= 0.3 is 0 Å². The molecule has 0 bridgehead atoms. The number of ether oxygens (including phenoxy) is 3. The first-order valence-electron chi connectivity index (χ1n) is 8.48. The van der Waals surface area contributed by atoms with Crippen molar-refractivity contribution in [2.75, 3.05) is 27.4 Å². The molecule has 0 aliphatic carbocycles. The van der Waals surface area contributed by atoms with Gasteiger partial charge in [-0.2, -0.15) is 0 Å². The van der Waals surface area contributed by atoms with Crippen LogP contribution >= 0.6 is 23.2 Å². The quantitative estimate of drug-likeness (QED) is 0.620. The van der Waals surface area contributed by atoms with Crippen LogP contribution in [0.25, 0.3) is 0 Å². The predicted octanol–water partition coefficient (Wildman–Crippen LogP) is 4.06. The molecule has 2 aromatic rings. The van der Waals surface area contributed by atoms with Crippen molar-refractivity contribution in [3.63, 3.8) is 0 Å². The molecule has 0 spiro atoms. The van der Waals surface area contributed by atoms with Crippen LogP contribution in [0.4, 0.5) is 0 Å². The van der Waals surface area contributed by atoms with Crippen LogP contribution in [0.2, 0.25) is 10.0 Å². The first-order valence-corrected chi connectivity index (χ1v) is 9.24. The summed E-state index contributed by atoms with van der Waals surface area (Å²) >= 11 is 11.9. The second-order valence-corrected chi connectivity index (χ2v) is 6.62. The van der Waals surface area contributed by atoms with Crippen molar-refractivity contribution in [3.8, 4) is 23.8 Å². The third kappa shape index (κ3) is 5.80. The highest BCUT2D eigenvalue weighted by atomic mass is 35.5. The van der Waals surface area contributed by atoms with E-state index in [0.717, 1.165) is 5.56 Å². The number of hydrogen-bond donors (Lipinski definition) is 1. The molecule has 0 heterocycles. The van der Waals surface area contributed by atoms with Crippen LogP contribution in [0, 0.1) is 12.3 Å². The minimum absolute atomic E-state index is 0.166. The van der Waals surface area contributed by atoms with E-state index >= 15 is 0 Å². The van der Waals surface area contributed by atoms with Gasteiger partial charge in [-0.25, -0.2) is 0 Å². The molecule has 0 aliphatic heterocycles. The number of rotatable bonds is 9. The summed E-state index contributed by atoms with van der Waals surface area (Å²) in [5, 5.41) is 3.65. The molecule has 1 amide bonds. The zero-order valence-corrected chi connectivity index (χ0v) is 17.1. The molecule has 0 aromatic heterocycles.